The molecule has 0 radical (unpaired) electrons. The third kappa shape index (κ3) is 2.85. The fraction of sp³-hybridized carbons (Fsp3) is 0.125. The van der Waals surface area contributed by atoms with E-state index in [-0.39, 0.29) is 36.5 Å². The average molecular weight is 296 g/mol. The van der Waals surface area contributed by atoms with Crippen LogP contribution < -0.4 is 10.6 Å². The van der Waals surface area contributed by atoms with Gasteiger partial charge in [0.1, 0.15) is 0 Å². The van der Waals surface area contributed by atoms with Crippen LogP contribution in [0.1, 0.15) is 24.0 Å². The zero-order valence-corrected chi connectivity index (χ0v) is 11.5. The molecule has 1 aromatic rings. The van der Waals surface area contributed by atoms with Gasteiger partial charge in [-0.1, -0.05) is 24.3 Å². The molecule has 0 aromatic heterocycles. The Kier molecular flexibility index (Phi) is 3.42. The van der Waals surface area contributed by atoms with Crippen molar-refractivity contribution in [2.75, 3.05) is 0 Å². The molecule has 0 aliphatic carbocycles. The number of hydrogen-bond donors (Lipinski definition) is 2. The van der Waals surface area contributed by atoms with Gasteiger partial charge in [-0.15, -0.1) is 0 Å². The molecule has 0 spiro atoms. The van der Waals surface area contributed by atoms with Crippen LogP contribution in [0.3, 0.4) is 0 Å². The lowest BCUT2D eigenvalue weighted by molar-refractivity contribution is -0.125. The lowest BCUT2D eigenvalue weighted by Crippen LogP contribution is -2.19. The van der Waals surface area contributed by atoms with Crippen LogP contribution in [0.2, 0.25) is 0 Å². The van der Waals surface area contributed by atoms with Crippen molar-refractivity contribution in [3.05, 3.63) is 46.5 Å². The van der Waals surface area contributed by atoms with E-state index in [2.05, 4.69) is 10.6 Å². The second-order valence-corrected chi connectivity index (χ2v) is 5.11. The van der Waals surface area contributed by atoms with Crippen molar-refractivity contribution in [1.29, 1.82) is 0 Å². The predicted octanol–water partition coefficient (Wildman–Crippen LogP) is 0.546. The fourth-order valence-electron chi connectivity index (χ4n) is 2.33. The molecule has 0 saturated carbocycles. The van der Waals surface area contributed by atoms with Crippen molar-refractivity contribution in [3.63, 3.8) is 0 Å². The van der Waals surface area contributed by atoms with E-state index < -0.39 is 0 Å². The van der Waals surface area contributed by atoms with Crippen molar-refractivity contribution < 1.29 is 19.2 Å². The lowest BCUT2D eigenvalue weighted by Gasteiger charge is -1.99. The quantitative estimate of drug-likeness (QED) is 0.615. The molecular formula is C16H12N2O4. The molecular weight excluding hydrogens is 284 g/mol. The maximum absolute atomic E-state index is 11.5. The molecule has 2 saturated heterocycles. The largest absolute Gasteiger partial charge is 0.292 e. The second kappa shape index (κ2) is 5.40. The highest BCUT2D eigenvalue weighted by Crippen LogP contribution is 2.18. The normalized spacial score (nSPS) is 21.6. The van der Waals surface area contributed by atoms with E-state index in [1.165, 1.54) is 0 Å². The van der Waals surface area contributed by atoms with E-state index in [9.17, 15) is 19.2 Å². The fourth-order valence-corrected chi connectivity index (χ4v) is 2.33. The minimum Gasteiger partial charge on any atom is -0.292 e. The van der Waals surface area contributed by atoms with E-state index in [4.69, 9.17) is 0 Å². The maximum atomic E-state index is 11.5. The number of hydrogen-bond acceptors (Lipinski definition) is 4. The van der Waals surface area contributed by atoms with Gasteiger partial charge < -0.3 is 0 Å². The van der Waals surface area contributed by atoms with Gasteiger partial charge in [-0.25, -0.2) is 0 Å². The molecule has 0 unspecified atom stereocenters. The van der Waals surface area contributed by atoms with Crippen LogP contribution >= 0.6 is 0 Å². The Labute approximate surface area is 125 Å². The van der Waals surface area contributed by atoms with Crippen molar-refractivity contribution in [3.8, 4) is 0 Å². The molecule has 6 heteroatoms. The summed E-state index contributed by atoms with van der Waals surface area (Å²) >= 11 is 0. The summed E-state index contributed by atoms with van der Waals surface area (Å²) in [5.74, 6) is -1.32. The number of carbonyl (C=O) groups is 4. The van der Waals surface area contributed by atoms with Crippen LogP contribution in [0.15, 0.2) is 35.4 Å². The Morgan fingerprint density at radius 2 is 1.05 bits per heavy atom. The summed E-state index contributed by atoms with van der Waals surface area (Å²) in [6, 6.07) is 7.13. The van der Waals surface area contributed by atoms with Crippen molar-refractivity contribution in [2.45, 2.75) is 12.8 Å². The van der Waals surface area contributed by atoms with Gasteiger partial charge in [0.05, 0.1) is 12.8 Å². The van der Waals surface area contributed by atoms with Crippen molar-refractivity contribution in [1.82, 2.24) is 10.6 Å². The number of carbonyl (C=O) groups excluding carboxylic acids is 4. The monoisotopic (exact) mass is 296 g/mol. The first-order valence-electron chi connectivity index (χ1n) is 6.71. The summed E-state index contributed by atoms with van der Waals surface area (Å²) in [6.45, 7) is 0. The molecule has 6 nitrogen and oxygen atoms in total. The molecule has 4 amide bonds. The van der Waals surface area contributed by atoms with Gasteiger partial charge in [0.15, 0.2) is 0 Å². The van der Waals surface area contributed by atoms with E-state index in [0.717, 1.165) is 11.1 Å². The maximum Gasteiger partial charge on any atom is 0.254 e. The molecule has 2 aliphatic rings. The smallest absolute Gasteiger partial charge is 0.254 e. The van der Waals surface area contributed by atoms with E-state index in [1.54, 1.807) is 36.4 Å². The van der Waals surface area contributed by atoms with E-state index >= 15 is 0 Å². The minimum absolute atomic E-state index is 0.0902. The summed E-state index contributed by atoms with van der Waals surface area (Å²) < 4.78 is 0. The zero-order chi connectivity index (χ0) is 15.7. The predicted molar refractivity (Wildman–Crippen MR) is 77.9 cm³/mol. The lowest BCUT2D eigenvalue weighted by atomic mass is 10.1. The van der Waals surface area contributed by atoms with Gasteiger partial charge in [0.2, 0.25) is 11.8 Å². The van der Waals surface area contributed by atoms with Crippen LogP contribution in [0.5, 0.6) is 0 Å². The van der Waals surface area contributed by atoms with Crippen LogP contribution in [-0.4, -0.2) is 23.6 Å². The molecule has 22 heavy (non-hydrogen) atoms. The van der Waals surface area contributed by atoms with Crippen LogP contribution in [0.4, 0.5) is 0 Å². The molecule has 2 fully saturated rings. The Morgan fingerprint density at radius 1 is 0.682 bits per heavy atom. The molecule has 2 N–H and O–H groups in total. The third-order valence-corrected chi connectivity index (χ3v) is 3.41. The highest BCUT2D eigenvalue weighted by atomic mass is 16.2. The number of nitrogens with one attached hydrogen (secondary N) is 2. The number of amides is 4. The molecule has 110 valence electrons. The van der Waals surface area contributed by atoms with Gasteiger partial charge in [0, 0.05) is 11.1 Å². The van der Waals surface area contributed by atoms with Crippen LogP contribution in [-0.2, 0) is 19.2 Å². The van der Waals surface area contributed by atoms with Crippen molar-refractivity contribution in [2.24, 2.45) is 0 Å². The summed E-state index contributed by atoms with van der Waals surface area (Å²) in [6.07, 6.45) is 3.49. The minimum atomic E-state index is -0.364. The van der Waals surface area contributed by atoms with Gasteiger partial charge >= 0.3 is 0 Å². The third-order valence-electron chi connectivity index (χ3n) is 3.41. The number of benzene rings is 1. The van der Waals surface area contributed by atoms with Crippen LogP contribution in [0.25, 0.3) is 12.2 Å². The molecule has 2 heterocycles. The van der Waals surface area contributed by atoms with Gasteiger partial charge in [0.25, 0.3) is 11.8 Å². The summed E-state index contributed by atoms with van der Waals surface area (Å²) in [5.41, 5.74) is 2.43. The first-order chi connectivity index (χ1) is 10.5. The SMILES string of the molecule is O=C1CC(=Cc2ccc(C=C3CC(=O)NC3=O)cc2)C(=O)N1. The molecule has 0 bridgehead atoms. The summed E-state index contributed by atoms with van der Waals surface area (Å²) in [4.78, 5) is 45.2. The molecule has 0 atom stereocenters. The highest BCUT2D eigenvalue weighted by Gasteiger charge is 2.24. The van der Waals surface area contributed by atoms with Crippen molar-refractivity contribution >= 4 is 35.8 Å². The van der Waals surface area contributed by atoms with Crippen LogP contribution in [0, 0.1) is 0 Å². The highest BCUT2D eigenvalue weighted by molar-refractivity contribution is 6.16. The summed E-state index contributed by atoms with van der Waals surface area (Å²) in [5, 5.41) is 4.45. The second-order valence-electron chi connectivity index (χ2n) is 5.11. The topological polar surface area (TPSA) is 92.3 Å². The Hall–Kier alpha value is -3.02. The number of imide groups is 2. The zero-order valence-electron chi connectivity index (χ0n) is 11.5. The summed E-state index contributed by atoms with van der Waals surface area (Å²) in [7, 11) is 0. The van der Waals surface area contributed by atoms with E-state index in [0.29, 0.717) is 11.1 Å². The van der Waals surface area contributed by atoms with Gasteiger partial charge in [-0.3, -0.25) is 29.8 Å². The van der Waals surface area contributed by atoms with Gasteiger partial charge in [-0.2, -0.15) is 0 Å². The molecule has 1 aromatic carbocycles. The molecule has 2 aliphatic heterocycles. The Morgan fingerprint density at radius 3 is 1.32 bits per heavy atom. The molecule has 3 rings (SSSR count). The van der Waals surface area contributed by atoms with E-state index in [1.807, 2.05) is 0 Å². The first kappa shape index (κ1) is 13.9. The van der Waals surface area contributed by atoms with Gasteiger partial charge in [-0.05, 0) is 23.3 Å². The standard InChI is InChI=1S/C16H12N2O4/c19-13-7-11(15(21)17-13)5-9-1-2-10(4-3-9)6-12-8-14(20)18-16(12)22/h1-6H,7-8H2,(H,17,19,21)(H,18,20,22). The first-order valence-corrected chi connectivity index (χ1v) is 6.71. The average Bonchev–Trinajstić information content (AvgIpc) is 2.94. The Bertz CT molecular complexity index is 692. The Balaban J connectivity index is 1.79. The number of rotatable bonds is 2.